The molecule has 3 aromatic carbocycles. The Kier molecular flexibility index (Phi) is 6.07. The molecular formula is C26H25F3N2O5. The molecule has 7 nitrogen and oxygen atoms in total. The predicted octanol–water partition coefficient (Wildman–Crippen LogP) is 4.87. The number of methoxy groups -OCH3 is 2. The third-order valence-corrected chi connectivity index (χ3v) is 6.63. The van der Waals surface area contributed by atoms with Crippen molar-refractivity contribution in [3.8, 4) is 23.0 Å². The number of carbonyl (C=O) groups excluding carboxylic acids is 1. The first-order valence-corrected chi connectivity index (χ1v) is 11.5. The third-order valence-electron chi connectivity index (χ3n) is 6.63. The number of hydrogen-bond acceptors (Lipinski definition) is 6. The standard InChI is InChI=1S/C26H25F3N2O5/c1-33-22-5-3-4-19-20(22)13-16(14-23(19)34-2)24(32)31-10-8-25(9-11-31)30-15-17-12-18(35-26(27,28)29)6-7-21(17)36-25/h3-7,12-14,30H,8-11,15H2,1-2H3. The molecule has 2 heterocycles. The lowest BCUT2D eigenvalue weighted by atomic mass is 9.96. The SMILES string of the molecule is COc1cc(C(=O)N2CCC3(CC2)NCc2cc(OC(F)(F)F)ccc2O3)cc2c(OC)cccc12. The van der Waals surface area contributed by atoms with Crippen molar-refractivity contribution < 1.29 is 36.9 Å². The van der Waals surface area contributed by atoms with E-state index in [2.05, 4.69) is 10.1 Å². The summed E-state index contributed by atoms with van der Waals surface area (Å²) in [4.78, 5) is 15.2. The Hall–Kier alpha value is -3.66. The van der Waals surface area contributed by atoms with E-state index < -0.39 is 12.1 Å². The molecule has 5 rings (SSSR count). The maximum absolute atomic E-state index is 13.4. The molecule has 0 saturated carbocycles. The van der Waals surface area contributed by atoms with Gasteiger partial charge < -0.3 is 23.8 Å². The van der Waals surface area contributed by atoms with Crippen LogP contribution in [0.25, 0.3) is 10.8 Å². The van der Waals surface area contributed by atoms with Crippen LogP contribution in [0.15, 0.2) is 48.5 Å². The second-order valence-electron chi connectivity index (χ2n) is 8.79. The van der Waals surface area contributed by atoms with Gasteiger partial charge in [0.15, 0.2) is 5.72 Å². The lowest BCUT2D eigenvalue weighted by Crippen LogP contribution is -2.59. The Labute approximate surface area is 205 Å². The van der Waals surface area contributed by atoms with Crippen LogP contribution >= 0.6 is 0 Å². The molecule has 1 spiro atoms. The molecule has 190 valence electrons. The van der Waals surface area contributed by atoms with Gasteiger partial charge in [0.25, 0.3) is 5.91 Å². The monoisotopic (exact) mass is 502 g/mol. The first kappa shape index (κ1) is 24.1. The molecule has 1 N–H and O–H groups in total. The van der Waals surface area contributed by atoms with Gasteiger partial charge in [-0.1, -0.05) is 12.1 Å². The van der Waals surface area contributed by atoms with E-state index in [-0.39, 0.29) is 11.7 Å². The molecule has 0 aromatic heterocycles. The van der Waals surface area contributed by atoms with Crippen molar-refractivity contribution in [2.24, 2.45) is 0 Å². The largest absolute Gasteiger partial charge is 0.573 e. The van der Waals surface area contributed by atoms with Crippen LogP contribution in [0.5, 0.6) is 23.0 Å². The average molecular weight is 502 g/mol. The van der Waals surface area contributed by atoms with E-state index in [4.69, 9.17) is 14.2 Å². The molecule has 1 fully saturated rings. The molecule has 0 radical (unpaired) electrons. The summed E-state index contributed by atoms with van der Waals surface area (Å²) in [5.74, 6) is 1.34. The Morgan fingerprint density at radius 3 is 2.44 bits per heavy atom. The summed E-state index contributed by atoms with van der Waals surface area (Å²) in [5, 5.41) is 4.95. The lowest BCUT2D eigenvalue weighted by Gasteiger charge is -2.45. The normalized spacial score (nSPS) is 16.9. The number of carbonyl (C=O) groups is 1. The Morgan fingerprint density at radius 2 is 1.75 bits per heavy atom. The van der Waals surface area contributed by atoms with Crippen LogP contribution < -0.4 is 24.3 Å². The molecule has 1 amide bonds. The summed E-state index contributed by atoms with van der Waals surface area (Å²) in [5.41, 5.74) is 0.387. The summed E-state index contributed by atoms with van der Waals surface area (Å²) in [6.07, 6.45) is -3.71. The van der Waals surface area contributed by atoms with E-state index in [0.29, 0.717) is 60.9 Å². The van der Waals surface area contributed by atoms with Crippen molar-refractivity contribution in [2.45, 2.75) is 31.5 Å². The van der Waals surface area contributed by atoms with E-state index in [1.54, 1.807) is 25.2 Å². The average Bonchev–Trinajstić information content (AvgIpc) is 2.87. The maximum atomic E-state index is 13.4. The number of rotatable bonds is 4. The van der Waals surface area contributed by atoms with Gasteiger partial charge in [-0.25, -0.2) is 0 Å². The zero-order valence-corrected chi connectivity index (χ0v) is 19.8. The second-order valence-corrected chi connectivity index (χ2v) is 8.79. The van der Waals surface area contributed by atoms with Crippen LogP contribution in [0.3, 0.4) is 0 Å². The molecule has 0 unspecified atom stereocenters. The maximum Gasteiger partial charge on any atom is 0.573 e. The van der Waals surface area contributed by atoms with E-state index in [1.807, 2.05) is 24.3 Å². The minimum atomic E-state index is -4.75. The molecule has 1 saturated heterocycles. The molecule has 2 aliphatic heterocycles. The Bertz CT molecular complexity index is 1300. The van der Waals surface area contributed by atoms with E-state index >= 15 is 0 Å². The first-order valence-electron chi connectivity index (χ1n) is 11.5. The van der Waals surface area contributed by atoms with Crippen LogP contribution in [0.4, 0.5) is 13.2 Å². The zero-order chi connectivity index (χ0) is 25.5. The number of nitrogens with one attached hydrogen (secondary N) is 1. The van der Waals surface area contributed by atoms with E-state index in [1.165, 1.54) is 18.2 Å². The predicted molar refractivity (Wildman–Crippen MR) is 126 cm³/mol. The molecule has 2 aliphatic rings. The highest BCUT2D eigenvalue weighted by atomic mass is 19.4. The van der Waals surface area contributed by atoms with Gasteiger partial charge in [-0.2, -0.15) is 0 Å². The van der Waals surface area contributed by atoms with Gasteiger partial charge >= 0.3 is 6.36 Å². The number of piperidine rings is 1. The summed E-state index contributed by atoms with van der Waals surface area (Å²) >= 11 is 0. The minimum absolute atomic E-state index is 0.124. The number of benzene rings is 3. The fraction of sp³-hybridized carbons (Fsp3) is 0.346. The molecule has 0 bridgehead atoms. The van der Waals surface area contributed by atoms with E-state index in [9.17, 15) is 18.0 Å². The number of fused-ring (bicyclic) bond motifs is 2. The van der Waals surface area contributed by atoms with Crippen molar-refractivity contribution in [3.63, 3.8) is 0 Å². The number of hydrogen-bond donors (Lipinski definition) is 1. The highest BCUT2D eigenvalue weighted by molar-refractivity contribution is 6.02. The fourth-order valence-corrected chi connectivity index (χ4v) is 4.82. The number of amides is 1. The van der Waals surface area contributed by atoms with Crippen LogP contribution in [0.2, 0.25) is 0 Å². The van der Waals surface area contributed by atoms with Gasteiger partial charge in [-0.05, 0) is 36.4 Å². The van der Waals surface area contributed by atoms with Gasteiger partial charge in [-0.15, -0.1) is 13.2 Å². The molecule has 0 atom stereocenters. The highest BCUT2D eigenvalue weighted by Crippen LogP contribution is 2.38. The zero-order valence-electron chi connectivity index (χ0n) is 19.8. The van der Waals surface area contributed by atoms with Crippen LogP contribution in [-0.2, 0) is 6.54 Å². The van der Waals surface area contributed by atoms with Gasteiger partial charge in [0.05, 0.1) is 14.2 Å². The second kappa shape index (κ2) is 9.09. The first-order chi connectivity index (χ1) is 17.2. The summed E-state index contributed by atoms with van der Waals surface area (Å²) in [6, 6.07) is 13.2. The van der Waals surface area contributed by atoms with Crippen molar-refractivity contribution in [3.05, 3.63) is 59.7 Å². The van der Waals surface area contributed by atoms with Crippen molar-refractivity contribution in [1.82, 2.24) is 10.2 Å². The minimum Gasteiger partial charge on any atom is -0.496 e. The van der Waals surface area contributed by atoms with Crippen molar-refractivity contribution in [2.75, 3.05) is 27.3 Å². The summed E-state index contributed by atoms with van der Waals surface area (Å²) < 4.78 is 58.8. The van der Waals surface area contributed by atoms with Gasteiger partial charge in [0, 0.05) is 54.4 Å². The van der Waals surface area contributed by atoms with Gasteiger partial charge in [0.1, 0.15) is 23.0 Å². The topological polar surface area (TPSA) is 69.3 Å². The van der Waals surface area contributed by atoms with E-state index in [0.717, 1.165) is 10.8 Å². The van der Waals surface area contributed by atoms with Gasteiger partial charge in [0.2, 0.25) is 0 Å². The number of likely N-dealkylation sites (tertiary alicyclic amines) is 1. The number of nitrogens with zero attached hydrogens (tertiary/aromatic N) is 1. The lowest BCUT2D eigenvalue weighted by molar-refractivity contribution is -0.274. The number of halogens is 3. The smallest absolute Gasteiger partial charge is 0.496 e. The Balaban J connectivity index is 1.30. The molecule has 10 heteroatoms. The van der Waals surface area contributed by atoms with Crippen LogP contribution in [0, 0.1) is 0 Å². The van der Waals surface area contributed by atoms with Crippen molar-refractivity contribution >= 4 is 16.7 Å². The number of ether oxygens (including phenoxy) is 4. The Morgan fingerprint density at radius 1 is 1.00 bits per heavy atom. The summed E-state index contributed by atoms with van der Waals surface area (Å²) in [7, 11) is 3.15. The molecular weight excluding hydrogens is 477 g/mol. The molecule has 3 aromatic rings. The molecule has 36 heavy (non-hydrogen) atoms. The van der Waals surface area contributed by atoms with Crippen LogP contribution in [0.1, 0.15) is 28.8 Å². The quantitative estimate of drug-likeness (QED) is 0.549. The molecule has 0 aliphatic carbocycles. The highest BCUT2D eigenvalue weighted by Gasteiger charge is 2.41. The summed E-state index contributed by atoms with van der Waals surface area (Å²) in [6.45, 7) is 1.23. The third kappa shape index (κ3) is 4.60. The van der Waals surface area contributed by atoms with Crippen LogP contribution in [-0.4, -0.2) is 50.2 Å². The fourth-order valence-electron chi connectivity index (χ4n) is 4.82. The van der Waals surface area contributed by atoms with Crippen molar-refractivity contribution in [1.29, 1.82) is 0 Å². The van der Waals surface area contributed by atoms with Gasteiger partial charge in [-0.3, -0.25) is 10.1 Å². The number of alkyl halides is 3.